The van der Waals surface area contributed by atoms with Gasteiger partial charge >= 0.3 is 0 Å². The van der Waals surface area contributed by atoms with Gasteiger partial charge < -0.3 is 0 Å². The van der Waals surface area contributed by atoms with Gasteiger partial charge in [0, 0.05) is 5.92 Å². The Bertz CT molecular complexity index is 461. The Kier molecular flexibility index (Phi) is 4.52. The standard InChI is InChI=1S/C17H20F2/c1-2-3-7-13-17(19)15(11-8-12-16(17)18)14-9-5-4-6-10-14/h4-6,8-12,15H,2-3,7,13H2,1H3. The van der Waals surface area contributed by atoms with Crippen LogP contribution in [0, 0.1) is 0 Å². The summed E-state index contributed by atoms with van der Waals surface area (Å²) in [5.74, 6) is -1.16. The van der Waals surface area contributed by atoms with Crippen LogP contribution in [-0.2, 0) is 0 Å². The first-order valence-corrected chi connectivity index (χ1v) is 6.97. The molecule has 0 N–H and O–H groups in total. The van der Waals surface area contributed by atoms with E-state index in [2.05, 4.69) is 6.92 Å². The van der Waals surface area contributed by atoms with Gasteiger partial charge in [0.1, 0.15) is 5.83 Å². The molecule has 1 aliphatic rings. The Hall–Kier alpha value is -1.44. The zero-order valence-electron chi connectivity index (χ0n) is 11.3. The van der Waals surface area contributed by atoms with Crippen molar-refractivity contribution in [3.05, 3.63) is 60.0 Å². The molecule has 1 aromatic rings. The topological polar surface area (TPSA) is 0 Å². The monoisotopic (exact) mass is 262 g/mol. The lowest BCUT2D eigenvalue weighted by Gasteiger charge is -2.33. The maximum atomic E-state index is 15.1. The van der Waals surface area contributed by atoms with Crippen molar-refractivity contribution in [3.63, 3.8) is 0 Å². The van der Waals surface area contributed by atoms with Crippen LogP contribution in [0.5, 0.6) is 0 Å². The Balaban J connectivity index is 2.25. The van der Waals surface area contributed by atoms with Gasteiger partial charge in [0.05, 0.1) is 0 Å². The van der Waals surface area contributed by atoms with Crippen LogP contribution in [0.1, 0.15) is 44.1 Å². The number of rotatable bonds is 5. The van der Waals surface area contributed by atoms with E-state index >= 15 is 4.39 Å². The molecular weight excluding hydrogens is 242 g/mol. The maximum absolute atomic E-state index is 15.1. The van der Waals surface area contributed by atoms with E-state index < -0.39 is 17.4 Å². The van der Waals surface area contributed by atoms with Crippen molar-refractivity contribution in [2.75, 3.05) is 0 Å². The minimum absolute atomic E-state index is 0.243. The number of halogens is 2. The van der Waals surface area contributed by atoms with E-state index in [1.807, 2.05) is 30.3 Å². The number of alkyl halides is 1. The second-order valence-corrected chi connectivity index (χ2v) is 5.11. The molecule has 2 unspecified atom stereocenters. The summed E-state index contributed by atoms with van der Waals surface area (Å²) in [6.07, 6.45) is 7.54. The fourth-order valence-electron chi connectivity index (χ4n) is 2.63. The highest BCUT2D eigenvalue weighted by atomic mass is 19.2. The highest BCUT2D eigenvalue weighted by molar-refractivity contribution is 5.38. The smallest absolute Gasteiger partial charge is 0.172 e. The number of unbranched alkanes of at least 4 members (excludes halogenated alkanes) is 2. The molecule has 0 heterocycles. The van der Waals surface area contributed by atoms with Gasteiger partial charge in [0.25, 0.3) is 0 Å². The molecule has 0 radical (unpaired) electrons. The molecular formula is C17H20F2. The third-order valence-electron chi connectivity index (χ3n) is 3.74. The van der Waals surface area contributed by atoms with Crippen LogP contribution < -0.4 is 0 Å². The van der Waals surface area contributed by atoms with Crippen molar-refractivity contribution in [2.24, 2.45) is 0 Å². The molecule has 0 nitrogen and oxygen atoms in total. The molecule has 2 atom stereocenters. The summed E-state index contributed by atoms with van der Waals surface area (Å²) in [6, 6.07) is 9.35. The van der Waals surface area contributed by atoms with Crippen LogP contribution in [0.2, 0.25) is 0 Å². The van der Waals surface area contributed by atoms with Crippen LogP contribution in [-0.4, -0.2) is 5.67 Å². The Morgan fingerprint density at radius 3 is 2.58 bits per heavy atom. The normalized spacial score (nSPS) is 26.3. The predicted molar refractivity (Wildman–Crippen MR) is 75.5 cm³/mol. The molecule has 1 aliphatic carbocycles. The lowest BCUT2D eigenvalue weighted by molar-refractivity contribution is 0.135. The Labute approximate surface area is 113 Å². The molecule has 1 aromatic carbocycles. The van der Waals surface area contributed by atoms with Crippen molar-refractivity contribution in [1.29, 1.82) is 0 Å². The number of benzene rings is 1. The predicted octanol–water partition coefficient (Wildman–Crippen LogP) is 5.48. The van der Waals surface area contributed by atoms with Crippen molar-refractivity contribution in [2.45, 2.75) is 44.2 Å². The minimum Gasteiger partial charge on any atom is -0.235 e. The lowest BCUT2D eigenvalue weighted by Crippen LogP contribution is -2.33. The zero-order chi connectivity index (χ0) is 13.7. The van der Waals surface area contributed by atoms with Gasteiger partial charge in [-0.15, -0.1) is 0 Å². The molecule has 0 bridgehead atoms. The summed E-state index contributed by atoms with van der Waals surface area (Å²) in [5.41, 5.74) is -1.05. The summed E-state index contributed by atoms with van der Waals surface area (Å²) in [5, 5.41) is 0. The van der Waals surface area contributed by atoms with E-state index in [1.165, 1.54) is 6.08 Å². The quantitative estimate of drug-likeness (QED) is 0.616. The summed E-state index contributed by atoms with van der Waals surface area (Å²) in [7, 11) is 0. The first kappa shape index (κ1) is 14.0. The summed E-state index contributed by atoms with van der Waals surface area (Å²) < 4.78 is 29.2. The van der Waals surface area contributed by atoms with Crippen LogP contribution in [0.25, 0.3) is 0 Å². The van der Waals surface area contributed by atoms with E-state index in [0.717, 1.165) is 18.4 Å². The highest BCUT2D eigenvalue weighted by Gasteiger charge is 2.43. The van der Waals surface area contributed by atoms with Gasteiger partial charge in [0.15, 0.2) is 5.67 Å². The van der Waals surface area contributed by atoms with Gasteiger partial charge in [-0.1, -0.05) is 62.2 Å². The molecule has 0 amide bonds. The van der Waals surface area contributed by atoms with Crippen molar-refractivity contribution in [1.82, 2.24) is 0 Å². The SMILES string of the molecule is CCCCCC1(F)C(F)=CC=CC1c1ccccc1. The molecule has 0 fully saturated rings. The van der Waals surface area contributed by atoms with Crippen molar-refractivity contribution >= 4 is 0 Å². The lowest BCUT2D eigenvalue weighted by atomic mass is 9.77. The van der Waals surface area contributed by atoms with Crippen LogP contribution in [0.4, 0.5) is 8.78 Å². The third kappa shape index (κ3) is 2.94. The van der Waals surface area contributed by atoms with Gasteiger partial charge in [-0.25, -0.2) is 8.78 Å². The Morgan fingerprint density at radius 1 is 1.16 bits per heavy atom. The molecule has 0 aliphatic heterocycles. The summed E-state index contributed by atoms with van der Waals surface area (Å²) >= 11 is 0. The fourth-order valence-corrected chi connectivity index (χ4v) is 2.63. The molecule has 0 saturated carbocycles. The summed E-state index contributed by atoms with van der Waals surface area (Å²) in [6.45, 7) is 2.06. The number of allylic oxidation sites excluding steroid dienone is 4. The second-order valence-electron chi connectivity index (χ2n) is 5.11. The Morgan fingerprint density at radius 2 is 1.89 bits per heavy atom. The van der Waals surface area contributed by atoms with Gasteiger partial charge in [0.2, 0.25) is 0 Å². The van der Waals surface area contributed by atoms with E-state index in [1.54, 1.807) is 12.2 Å². The van der Waals surface area contributed by atoms with Gasteiger partial charge in [-0.2, -0.15) is 0 Å². The van der Waals surface area contributed by atoms with E-state index in [4.69, 9.17) is 0 Å². The molecule has 0 spiro atoms. The molecule has 19 heavy (non-hydrogen) atoms. The van der Waals surface area contributed by atoms with E-state index in [0.29, 0.717) is 6.42 Å². The van der Waals surface area contributed by atoms with Crippen LogP contribution in [0.3, 0.4) is 0 Å². The average molecular weight is 262 g/mol. The largest absolute Gasteiger partial charge is 0.235 e. The van der Waals surface area contributed by atoms with E-state index in [-0.39, 0.29) is 6.42 Å². The first-order chi connectivity index (χ1) is 9.18. The molecule has 0 saturated heterocycles. The third-order valence-corrected chi connectivity index (χ3v) is 3.74. The summed E-state index contributed by atoms with van der Waals surface area (Å²) in [4.78, 5) is 0. The minimum atomic E-state index is -1.88. The van der Waals surface area contributed by atoms with Crippen LogP contribution in [0.15, 0.2) is 54.4 Å². The van der Waals surface area contributed by atoms with E-state index in [9.17, 15) is 4.39 Å². The molecule has 2 rings (SSSR count). The molecule has 102 valence electrons. The fraction of sp³-hybridized carbons (Fsp3) is 0.412. The van der Waals surface area contributed by atoms with Gasteiger partial charge in [-0.05, 0) is 24.5 Å². The number of hydrogen-bond acceptors (Lipinski definition) is 0. The van der Waals surface area contributed by atoms with Crippen LogP contribution >= 0.6 is 0 Å². The zero-order valence-corrected chi connectivity index (χ0v) is 11.3. The second kappa shape index (κ2) is 6.14. The first-order valence-electron chi connectivity index (χ1n) is 6.97. The average Bonchev–Trinajstić information content (AvgIpc) is 2.43. The van der Waals surface area contributed by atoms with Gasteiger partial charge in [-0.3, -0.25) is 0 Å². The van der Waals surface area contributed by atoms with Crippen molar-refractivity contribution < 1.29 is 8.78 Å². The highest BCUT2D eigenvalue weighted by Crippen LogP contribution is 2.45. The maximum Gasteiger partial charge on any atom is 0.172 e. The molecule has 2 heteroatoms. The number of hydrogen-bond donors (Lipinski definition) is 0. The van der Waals surface area contributed by atoms with Crippen molar-refractivity contribution in [3.8, 4) is 0 Å². The molecule has 0 aromatic heterocycles.